The van der Waals surface area contributed by atoms with Crippen LogP contribution in [0.4, 0.5) is 14.5 Å². The van der Waals surface area contributed by atoms with Crippen LogP contribution in [0.2, 0.25) is 5.02 Å². The molecule has 1 aromatic carbocycles. The number of amides is 1. The van der Waals surface area contributed by atoms with E-state index in [0.29, 0.717) is 5.69 Å². The SMILES string of the molecule is CNC(=O)c1ncn2c1CN(C)[C@@H](c1c(F)ccc(NS(=O)(=O)c3cc(Cl)cnc3OC)c1F)C2. The molecule has 35 heavy (non-hydrogen) atoms. The van der Waals surface area contributed by atoms with Gasteiger partial charge in [0.2, 0.25) is 5.88 Å². The minimum atomic E-state index is -4.39. The molecular formula is C21H21ClF2N6O4S. The number of benzene rings is 1. The van der Waals surface area contributed by atoms with Gasteiger partial charge in [-0.05, 0) is 25.2 Å². The first kappa shape index (κ1) is 24.8. The van der Waals surface area contributed by atoms with Crippen LogP contribution in [-0.2, 0) is 23.1 Å². The molecule has 0 bridgehead atoms. The van der Waals surface area contributed by atoms with E-state index in [4.69, 9.17) is 16.3 Å². The highest BCUT2D eigenvalue weighted by Gasteiger charge is 2.34. The van der Waals surface area contributed by atoms with Gasteiger partial charge in [-0.3, -0.25) is 14.4 Å². The molecule has 1 aliphatic heterocycles. The summed E-state index contributed by atoms with van der Waals surface area (Å²) >= 11 is 5.88. The van der Waals surface area contributed by atoms with Crippen LogP contribution in [0.25, 0.3) is 0 Å². The number of hydrogen-bond donors (Lipinski definition) is 2. The van der Waals surface area contributed by atoms with Gasteiger partial charge in [0.25, 0.3) is 15.9 Å². The predicted octanol–water partition coefficient (Wildman–Crippen LogP) is 2.57. The number of carbonyl (C=O) groups excluding carboxylic acids is 1. The van der Waals surface area contributed by atoms with E-state index in [9.17, 15) is 17.6 Å². The van der Waals surface area contributed by atoms with Crippen LogP contribution in [0.5, 0.6) is 5.88 Å². The molecule has 2 N–H and O–H groups in total. The Morgan fingerprint density at radius 2 is 2.03 bits per heavy atom. The third-order valence-corrected chi connectivity index (χ3v) is 7.23. The van der Waals surface area contributed by atoms with E-state index in [1.165, 1.54) is 26.7 Å². The quantitative estimate of drug-likeness (QED) is 0.507. The van der Waals surface area contributed by atoms with E-state index in [1.807, 2.05) is 0 Å². The van der Waals surface area contributed by atoms with Crippen molar-refractivity contribution in [2.24, 2.45) is 0 Å². The Morgan fingerprint density at radius 1 is 1.29 bits per heavy atom. The maximum Gasteiger partial charge on any atom is 0.271 e. The van der Waals surface area contributed by atoms with Crippen LogP contribution in [0.1, 0.15) is 27.8 Å². The fraction of sp³-hybridized carbons (Fsp3) is 0.286. The first-order valence-corrected chi connectivity index (χ1v) is 12.1. The molecule has 3 heterocycles. The summed E-state index contributed by atoms with van der Waals surface area (Å²) < 4.78 is 65.2. The monoisotopic (exact) mass is 526 g/mol. The van der Waals surface area contributed by atoms with Gasteiger partial charge in [0.05, 0.1) is 35.9 Å². The highest BCUT2D eigenvalue weighted by atomic mass is 35.5. The lowest BCUT2D eigenvalue weighted by molar-refractivity contribution is 0.0952. The largest absolute Gasteiger partial charge is 0.480 e. The van der Waals surface area contributed by atoms with Crippen molar-refractivity contribution < 1.29 is 26.7 Å². The smallest absolute Gasteiger partial charge is 0.271 e. The number of methoxy groups -OCH3 is 1. The molecule has 0 unspecified atom stereocenters. The van der Waals surface area contributed by atoms with E-state index in [2.05, 4.69) is 20.0 Å². The number of fused-ring (bicyclic) bond motifs is 1. The first-order valence-electron chi connectivity index (χ1n) is 10.2. The lowest BCUT2D eigenvalue weighted by atomic mass is 10.0. The van der Waals surface area contributed by atoms with Gasteiger partial charge in [0, 0.05) is 31.9 Å². The van der Waals surface area contributed by atoms with Gasteiger partial charge in [-0.15, -0.1) is 0 Å². The first-order chi connectivity index (χ1) is 16.6. The molecule has 0 saturated carbocycles. The van der Waals surface area contributed by atoms with Crippen LogP contribution in [0.15, 0.2) is 35.6 Å². The van der Waals surface area contributed by atoms with Crippen molar-refractivity contribution in [3.05, 3.63) is 64.3 Å². The average Bonchev–Trinajstić information content (AvgIpc) is 3.23. The van der Waals surface area contributed by atoms with Crippen molar-refractivity contribution in [1.82, 2.24) is 24.8 Å². The fourth-order valence-corrected chi connectivity index (χ4v) is 5.36. The van der Waals surface area contributed by atoms with Crippen LogP contribution in [0.3, 0.4) is 0 Å². The Hall–Kier alpha value is -3.29. The average molecular weight is 527 g/mol. The van der Waals surface area contributed by atoms with Gasteiger partial charge in [-0.25, -0.2) is 27.2 Å². The van der Waals surface area contributed by atoms with E-state index < -0.39 is 38.3 Å². The molecular weight excluding hydrogens is 506 g/mol. The summed E-state index contributed by atoms with van der Waals surface area (Å²) in [5.74, 6) is -2.53. The summed E-state index contributed by atoms with van der Waals surface area (Å²) in [7, 11) is -0.0358. The van der Waals surface area contributed by atoms with E-state index >= 15 is 4.39 Å². The van der Waals surface area contributed by atoms with Gasteiger partial charge in [0.15, 0.2) is 16.4 Å². The normalized spacial score (nSPS) is 16.0. The number of hydrogen-bond acceptors (Lipinski definition) is 7. The highest BCUT2D eigenvalue weighted by molar-refractivity contribution is 7.92. The van der Waals surface area contributed by atoms with Crippen LogP contribution >= 0.6 is 11.6 Å². The second-order valence-electron chi connectivity index (χ2n) is 7.79. The topological polar surface area (TPSA) is 118 Å². The molecule has 10 nitrogen and oxygen atoms in total. The molecule has 1 amide bonds. The highest BCUT2D eigenvalue weighted by Crippen LogP contribution is 2.36. The van der Waals surface area contributed by atoms with Crippen molar-refractivity contribution in [3.8, 4) is 5.88 Å². The molecule has 2 aromatic heterocycles. The number of anilines is 1. The molecule has 186 valence electrons. The number of nitrogens with one attached hydrogen (secondary N) is 2. The number of sulfonamides is 1. The number of rotatable bonds is 6. The molecule has 0 spiro atoms. The van der Waals surface area contributed by atoms with Crippen molar-refractivity contribution in [2.75, 3.05) is 25.9 Å². The van der Waals surface area contributed by atoms with E-state index in [1.54, 1.807) is 16.5 Å². The van der Waals surface area contributed by atoms with Crippen LogP contribution in [-0.4, -0.2) is 55.0 Å². The Bertz CT molecular complexity index is 1420. The second-order valence-corrected chi connectivity index (χ2v) is 9.88. The summed E-state index contributed by atoms with van der Waals surface area (Å²) in [6.45, 7) is 0.277. The Labute approximate surface area is 204 Å². The van der Waals surface area contributed by atoms with Gasteiger partial charge in [0.1, 0.15) is 5.82 Å². The summed E-state index contributed by atoms with van der Waals surface area (Å²) in [6, 6.07) is 2.28. The maximum absolute atomic E-state index is 15.6. The molecule has 14 heteroatoms. The number of ether oxygens (including phenoxy) is 1. The van der Waals surface area contributed by atoms with Gasteiger partial charge < -0.3 is 14.6 Å². The molecule has 0 fully saturated rings. The van der Waals surface area contributed by atoms with E-state index in [0.717, 1.165) is 18.2 Å². The number of aromatic nitrogens is 3. The number of imidazole rings is 1. The zero-order valence-corrected chi connectivity index (χ0v) is 20.4. The number of nitrogens with zero attached hydrogens (tertiary/aromatic N) is 4. The van der Waals surface area contributed by atoms with Crippen LogP contribution < -0.4 is 14.8 Å². The van der Waals surface area contributed by atoms with Crippen molar-refractivity contribution in [2.45, 2.75) is 24.0 Å². The lowest BCUT2D eigenvalue weighted by Crippen LogP contribution is -2.36. The van der Waals surface area contributed by atoms with E-state index in [-0.39, 0.29) is 41.2 Å². The third kappa shape index (κ3) is 4.54. The molecule has 0 saturated heterocycles. The molecule has 0 aliphatic carbocycles. The number of carbonyl (C=O) groups is 1. The summed E-state index contributed by atoms with van der Waals surface area (Å²) in [4.78, 5) is 21.2. The predicted molar refractivity (Wildman–Crippen MR) is 123 cm³/mol. The minimum absolute atomic E-state index is 0.0301. The van der Waals surface area contributed by atoms with Crippen molar-refractivity contribution in [1.29, 1.82) is 0 Å². The Kier molecular flexibility index (Phi) is 6.66. The summed E-state index contributed by atoms with van der Waals surface area (Å²) in [5.41, 5.74) is 0.0368. The van der Waals surface area contributed by atoms with Gasteiger partial charge >= 0.3 is 0 Å². The molecule has 4 rings (SSSR count). The zero-order valence-electron chi connectivity index (χ0n) is 18.8. The van der Waals surface area contributed by atoms with Gasteiger partial charge in [-0.1, -0.05) is 11.6 Å². The summed E-state index contributed by atoms with van der Waals surface area (Å²) in [5, 5.41) is 2.54. The Balaban J connectivity index is 1.71. The van der Waals surface area contributed by atoms with Crippen LogP contribution in [0, 0.1) is 11.6 Å². The summed E-state index contributed by atoms with van der Waals surface area (Å²) in [6.07, 6.45) is 2.63. The van der Waals surface area contributed by atoms with Crippen molar-refractivity contribution in [3.63, 3.8) is 0 Å². The van der Waals surface area contributed by atoms with Crippen molar-refractivity contribution >= 4 is 33.2 Å². The fourth-order valence-electron chi connectivity index (χ4n) is 3.93. The minimum Gasteiger partial charge on any atom is -0.480 e. The standard InChI is InChI=1S/C21H21ClF2N6O4S/c1-25-20(31)19-15-8-29(2)14(9-30(15)10-27-19)17-12(23)4-5-13(18(17)24)28-35(32,33)16-6-11(22)7-26-21(16)34-3/h4-7,10,14,28H,8-9H2,1-3H3,(H,25,31)/t14-/m1/s1. The number of halogens is 3. The number of pyridine rings is 1. The lowest BCUT2D eigenvalue weighted by Gasteiger charge is -2.34. The second kappa shape index (κ2) is 9.40. The van der Waals surface area contributed by atoms with Gasteiger partial charge in [-0.2, -0.15) is 0 Å². The molecule has 1 atom stereocenters. The number of likely N-dealkylation sites (N-methyl/N-ethyl adjacent to an activating group) is 1. The molecule has 0 radical (unpaired) electrons. The third-order valence-electron chi connectivity index (χ3n) is 5.66. The Morgan fingerprint density at radius 3 is 2.71 bits per heavy atom. The molecule has 3 aromatic rings. The zero-order chi connectivity index (χ0) is 25.5. The molecule has 1 aliphatic rings. The maximum atomic E-state index is 15.6.